The van der Waals surface area contributed by atoms with Crippen LogP contribution in [0.4, 0.5) is 0 Å². The summed E-state index contributed by atoms with van der Waals surface area (Å²) in [5.41, 5.74) is 20.6. The van der Waals surface area contributed by atoms with Crippen LogP contribution in [0.5, 0.6) is 0 Å². The van der Waals surface area contributed by atoms with Gasteiger partial charge in [-0.2, -0.15) is 19.9 Å². The molecule has 0 amide bonds. The number of fused-ring (bicyclic) bond motifs is 14. The fourth-order valence-corrected chi connectivity index (χ4v) is 16.4. The normalized spacial score (nSPS) is 11.8. The first-order valence-corrected chi connectivity index (χ1v) is 37.4. The van der Waals surface area contributed by atoms with Crippen LogP contribution in [0.2, 0.25) is 0 Å². The average Bonchev–Trinajstić information content (AvgIpc) is 1.57. The standard InChI is InChI=1S/C52H33N7.C46H29N7/c1-4-16-34(17-5-1)49-54-50(35-18-6-2-7-19-35)56-51(55-49)59-48-27-15-12-24-43(48)53-52(59)58-45-26-14-11-23-40(45)42-33-37(29-31-47(42)58)36-28-30-46-41(32-36)39-22-10-13-25-44(39)57(46)38-20-8-3-9-21-38;1-3-15-30(16-4-1)43-48-44(31-17-5-2-6-18-31)50-45(49-43)53-42-26-14-10-22-37(42)47-46(53)52-40-25-13-9-21-35(40)36-29-32(27-28-41(36)52)51-38-23-11-7-19-33(38)34-20-8-12-24-39(34)51/h1-33H;1-29H. The minimum atomic E-state index is 0.493. The lowest BCUT2D eigenvalue weighted by molar-refractivity contribution is 0.875. The molecule has 524 valence electrons. The molecule has 0 unspecified atom stereocenters. The van der Waals surface area contributed by atoms with Crippen LogP contribution in [0.15, 0.2) is 376 Å². The Balaban J connectivity index is 0.000000138. The molecule has 8 heterocycles. The summed E-state index contributed by atoms with van der Waals surface area (Å²) in [5, 5.41) is 9.46. The van der Waals surface area contributed by atoms with E-state index in [1.165, 1.54) is 43.6 Å². The van der Waals surface area contributed by atoms with E-state index in [0.29, 0.717) is 47.1 Å². The number of imidazole rings is 2. The van der Waals surface area contributed by atoms with Crippen LogP contribution in [-0.2, 0) is 0 Å². The molecular formula is C98H62N14. The topological polar surface area (TPSA) is 133 Å². The Morgan fingerprint density at radius 3 is 0.795 bits per heavy atom. The summed E-state index contributed by atoms with van der Waals surface area (Å²) in [4.78, 5) is 41.2. The van der Waals surface area contributed by atoms with Crippen LogP contribution in [0.1, 0.15) is 0 Å². The van der Waals surface area contributed by atoms with E-state index in [2.05, 4.69) is 246 Å². The lowest BCUT2D eigenvalue weighted by Crippen LogP contribution is -2.11. The quantitative estimate of drug-likeness (QED) is 0.125. The van der Waals surface area contributed by atoms with Gasteiger partial charge in [0.15, 0.2) is 23.3 Å². The van der Waals surface area contributed by atoms with Gasteiger partial charge < -0.3 is 9.13 Å². The van der Waals surface area contributed by atoms with Crippen molar-refractivity contribution in [3.8, 4) is 91.8 Å². The number of benzene rings is 15. The van der Waals surface area contributed by atoms with Gasteiger partial charge in [0.2, 0.25) is 23.8 Å². The molecule has 0 atom stereocenters. The molecule has 0 fully saturated rings. The van der Waals surface area contributed by atoms with Gasteiger partial charge >= 0.3 is 0 Å². The highest BCUT2D eigenvalue weighted by Crippen LogP contribution is 2.42. The molecule has 0 aliphatic rings. The molecule has 15 aromatic carbocycles. The molecule has 14 nitrogen and oxygen atoms in total. The largest absolute Gasteiger partial charge is 0.309 e. The van der Waals surface area contributed by atoms with Crippen molar-refractivity contribution in [3.05, 3.63) is 376 Å². The van der Waals surface area contributed by atoms with Gasteiger partial charge in [-0.1, -0.05) is 267 Å². The van der Waals surface area contributed by atoms with Gasteiger partial charge in [0, 0.05) is 76.7 Å². The Bertz CT molecular complexity index is 7460. The van der Waals surface area contributed by atoms with Gasteiger partial charge in [-0.15, -0.1) is 0 Å². The molecule has 8 aromatic heterocycles. The van der Waals surface area contributed by atoms with E-state index in [1.54, 1.807) is 0 Å². The monoisotopic (exact) mass is 1430 g/mol. The van der Waals surface area contributed by atoms with Gasteiger partial charge in [0.1, 0.15) is 0 Å². The molecule has 0 aliphatic heterocycles. The fraction of sp³-hybridized carbons (Fsp3) is 0. The van der Waals surface area contributed by atoms with Crippen LogP contribution >= 0.6 is 0 Å². The molecular weight excluding hydrogens is 1370 g/mol. The summed E-state index contributed by atoms with van der Waals surface area (Å²) in [6.07, 6.45) is 0. The second-order valence-electron chi connectivity index (χ2n) is 27.9. The highest BCUT2D eigenvalue weighted by Gasteiger charge is 2.27. The Labute approximate surface area is 640 Å². The van der Waals surface area contributed by atoms with E-state index in [0.717, 1.165) is 110 Å². The van der Waals surface area contributed by atoms with Gasteiger partial charge in [-0.25, -0.2) is 29.1 Å². The van der Waals surface area contributed by atoms with E-state index in [9.17, 15) is 0 Å². The summed E-state index contributed by atoms with van der Waals surface area (Å²) < 4.78 is 13.4. The number of nitrogens with zero attached hydrogens (tertiary/aromatic N) is 14. The van der Waals surface area contributed by atoms with Crippen LogP contribution in [0, 0.1) is 0 Å². The maximum atomic E-state index is 5.33. The van der Waals surface area contributed by atoms with Crippen molar-refractivity contribution < 1.29 is 0 Å². The number of rotatable bonds is 11. The lowest BCUT2D eigenvalue weighted by atomic mass is 10.0. The zero-order valence-corrected chi connectivity index (χ0v) is 60.1. The number of aromatic nitrogens is 14. The summed E-state index contributed by atoms with van der Waals surface area (Å²) in [7, 11) is 0. The van der Waals surface area contributed by atoms with Crippen LogP contribution in [-0.4, -0.2) is 67.3 Å². The summed E-state index contributed by atoms with van der Waals surface area (Å²) in [6, 6.07) is 131. The zero-order valence-electron chi connectivity index (χ0n) is 60.1. The summed E-state index contributed by atoms with van der Waals surface area (Å²) in [5.74, 6) is 4.76. The summed E-state index contributed by atoms with van der Waals surface area (Å²) in [6.45, 7) is 0. The Kier molecular flexibility index (Phi) is 14.9. The number of hydrogen-bond acceptors (Lipinski definition) is 8. The highest BCUT2D eigenvalue weighted by molar-refractivity contribution is 6.15. The minimum Gasteiger partial charge on any atom is -0.309 e. The van der Waals surface area contributed by atoms with Crippen molar-refractivity contribution >= 4 is 109 Å². The van der Waals surface area contributed by atoms with Crippen molar-refractivity contribution in [2.24, 2.45) is 0 Å². The van der Waals surface area contributed by atoms with E-state index >= 15 is 0 Å². The fourth-order valence-electron chi connectivity index (χ4n) is 16.4. The summed E-state index contributed by atoms with van der Waals surface area (Å²) >= 11 is 0. The predicted octanol–water partition coefficient (Wildman–Crippen LogP) is 23.1. The van der Waals surface area contributed by atoms with Crippen molar-refractivity contribution in [1.82, 2.24) is 67.3 Å². The SMILES string of the molecule is c1ccc(-c2nc(-c3ccccc3)nc(-n3c(-n4c5ccccc5c5cc(-c6ccc7c(c6)c6ccccc6n7-c6ccccc6)ccc54)nc4ccccc43)n2)cc1.c1ccc(-c2nc(-c3ccccc3)nc(-n3c(-n4c5ccccc5c5cc(-n6c7ccccc7c7ccccc76)ccc54)nc4ccccc43)n2)cc1. The molecule has 0 saturated carbocycles. The molecule has 0 saturated heterocycles. The van der Waals surface area contributed by atoms with Crippen LogP contribution in [0.25, 0.3) is 201 Å². The molecule has 0 bridgehead atoms. The number of hydrogen-bond donors (Lipinski definition) is 0. The first-order chi connectivity index (χ1) is 55.6. The minimum absolute atomic E-state index is 0.493. The van der Waals surface area contributed by atoms with E-state index in [-0.39, 0.29) is 0 Å². The third-order valence-corrected chi connectivity index (χ3v) is 21.4. The molecule has 0 N–H and O–H groups in total. The van der Waals surface area contributed by atoms with Gasteiger partial charge in [0.25, 0.3) is 0 Å². The molecule has 0 radical (unpaired) electrons. The Morgan fingerprint density at radius 1 is 0.152 bits per heavy atom. The van der Waals surface area contributed by atoms with Crippen molar-refractivity contribution in [2.45, 2.75) is 0 Å². The first-order valence-electron chi connectivity index (χ1n) is 37.4. The first kappa shape index (κ1) is 63.7. The Morgan fingerprint density at radius 2 is 0.420 bits per heavy atom. The van der Waals surface area contributed by atoms with Crippen molar-refractivity contribution in [2.75, 3.05) is 0 Å². The Hall–Kier alpha value is -15.5. The smallest absolute Gasteiger partial charge is 0.241 e. The second-order valence-corrected chi connectivity index (χ2v) is 27.9. The maximum Gasteiger partial charge on any atom is 0.241 e. The van der Waals surface area contributed by atoms with Gasteiger partial charge in [-0.3, -0.25) is 9.13 Å². The third-order valence-electron chi connectivity index (χ3n) is 21.4. The highest BCUT2D eigenvalue weighted by atomic mass is 15.3. The van der Waals surface area contributed by atoms with Crippen molar-refractivity contribution in [3.63, 3.8) is 0 Å². The van der Waals surface area contributed by atoms with Gasteiger partial charge in [0.05, 0.1) is 66.2 Å². The molecule has 112 heavy (non-hydrogen) atoms. The molecule has 0 spiro atoms. The molecule has 0 aliphatic carbocycles. The van der Waals surface area contributed by atoms with Gasteiger partial charge in [-0.05, 0) is 120 Å². The third kappa shape index (κ3) is 10.5. The molecule has 14 heteroatoms. The number of para-hydroxylation sites is 10. The van der Waals surface area contributed by atoms with Crippen LogP contribution < -0.4 is 0 Å². The average molecular weight is 1440 g/mol. The molecule has 23 aromatic rings. The second kappa shape index (κ2) is 26.2. The van der Waals surface area contributed by atoms with E-state index in [1.807, 2.05) is 158 Å². The van der Waals surface area contributed by atoms with Crippen molar-refractivity contribution in [1.29, 1.82) is 0 Å². The van der Waals surface area contributed by atoms with E-state index < -0.39 is 0 Å². The van der Waals surface area contributed by atoms with Crippen LogP contribution in [0.3, 0.4) is 0 Å². The predicted molar refractivity (Wildman–Crippen MR) is 453 cm³/mol. The maximum absolute atomic E-state index is 5.33. The molecule has 23 rings (SSSR count). The zero-order chi connectivity index (χ0) is 73.7. The lowest BCUT2D eigenvalue weighted by Gasteiger charge is -2.13. The van der Waals surface area contributed by atoms with E-state index in [4.69, 9.17) is 39.9 Å².